The maximum Gasteiger partial charge on any atom is 0.227 e. The summed E-state index contributed by atoms with van der Waals surface area (Å²) in [5.41, 5.74) is 2.17. The summed E-state index contributed by atoms with van der Waals surface area (Å²) in [5.74, 6) is -0.0362. The van der Waals surface area contributed by atoms with Crippen LogP contribution in [0.25, 0.3) is 11.0 Å². The third-order valence-electron chi connectivity index (χ3n) is 3.69. The lowest BCUT2D eigenvalue weighted by atomic mass is 9.95. The van der Waals surface area contributed by atoms with E-state index in [0.29, 0.717) is 0 Å². The van der Waals surface area contributed by atoms with Crippen molar-refractivity contribution in [1.82, 2.24) is 20.3 Å². The van der Waals surface area contributed by atoms with Gasteiger partial charge in [-0.1, -0.05) is 68.4 Å². The Bertz CT molecular complexity index is 818. The maximum absolute atomic E-state index is 12.5. The fourth-order valence-corrected chi connectivity index (χ4v) is 2.34. The third kappa shape index (κ3) is 3.08. The number of para-hydroxylation sites is 1. The van der Waals surface area contributed by atoms with Gasteiger partial charge in [-0.2, -0.15) is 0 Å². The fraction of sp³-hybridized carbons (Fsp3) is 0.278. The van der Waals surface area contributed by atoms with E-state index in [1.807, 2.05) is 75.4 Å². The topological polar surface area (TPSA) is 59.8 Å². The van der Waals surface area contributed by atoms with E-state index in [2.05, 4.69) is 15.6 Å². The van der Waals surface area contributed by atoms with Crippen LogP contribution in [0, 0.1) is 5.41 Å². The summed E-state index contributed by atoms with van der Waals surface area (Å²) in [5, 5.41) is 11.5. The number of aromatic nitrogens is 3. The molecular formula is C18H20N4O. The molecule has 0 aliphatic rings. The van der Waals surface area contributed by atoms with Crippen molar-refractivity contribution in [3.63, 3.8) is 0 Å². The first kappa shape index (κ1) is 15.2. The van der Waals surface area contributed by atoms with E-state index in [1.54, 1.807) is 4.68 Å². The zero-order valence-electron chi connectivity index (χ0n) is 13.5. The first-order valence-electron chi connectivity index (χ1n) is 7.62. The molecule has 1 atom stereocenters. The van der Waals surface area contributed by atoms with Crippen molar-refractivity contribution in [3.8, 4) is 0 Å². The highest BCUT2D eigenvalue weighted by Crippen LogP contribution is 2.22. The largest absolute Gasteiger partial charge is 0.330 e. The molecule has 0 aliphatic heterocycles. The van der Waals surface area contributed by atoms with E-state index in [1.165, 1.54) is 0 Å². The van der Waals surface area contributed by atoms with E-state index >= 15 is 0 Å². The average Bonchev–Trinajstić information content (AvgIpc) is 2.96. The van der Waals surface area contributed by atoms with Crippen molar-refractivity contribution in [2.24, 2.45) is 5.41 Å². The Morgan fingerprint density at radius 2 is 1.70 bits per heavy atom. The summed E-state index contributed by atoms with van der Waals surface area (Å²) in [6.07, 6.45) is -0.393. The number of nitrogens with zero attached hydrogens (tertiary/aromatic N) is 3. The molecule has 5 nitrogen and oxygen atoms in total. The van der Waals surface area contributed by atoms with Gasteiger partial charge in [-0.25, -0.2) is 4.68 Å². The maximum atomic E-state index is 12.5. The molecular weight excluding hydrogens is 288 g/mol. The lowest BCUT2D eigenvalue weighted by Crippen LogP contribution is -2.40. The van der Waals surface area contributed by atoms with Gasteiger partial charge in [-0.15, -0.1) is 5.10 Å². The van der Waals surface area contributed by atoms with Crippen molar-refractivity contribution in [3.05, 3.63) is 60.2 Å². The van der Waals surface area contributed by atoms with Crippen LogP contribution in [0.1, 0.15) is 32.5 Å². The SMILES string of the molecule is CC(C)(C)C(=O)NC(c1ccccc1)n1nnc2ccccc21. The number of rotatable bonds is 3. The average molecular weight is 308 g/mol. The Kier molecular flexibility index (Phi) is 3.86. The van der Waals surface area contributed by atoms with Gasteiger partial charge < -0.3 is 5.32 Å². The molecule has 3 aromatic rings. The molecule has 5 heteroatoms. The Labute approximate surface area is 135 Å². The lowest BCUT2D eigenvalue weighted by molar-refractivity contribution is -0.129. The summed E-state index contributed by atoms with van der Waals surface area (Å²) in [6.45, 7) is 5.68. The fourth-order valence-electron chi connectivity index (χ4n) is 2.34. The minimum absolute atomic E-state index is 0.0362. The second kappa shape index (κ2) is 5.83. The molecule has 2 aromatic carbocycles. The molecule has 1 heterocycles. The van der Waals surface area contributed by atoms with E-state index < -0.39 is 11.6 Å². The Hall–Kier alpha value is -2.69. The summed E-state index contributed by atoms with van der Waals surface area (Å²) in [6, 6.07) is 17.5. The summed E-state index contributed by atoms with van der Waals surface area (Å²) >= 11 is 0. The highest BCUT2D eigenvalue weighted by molar-refractivity contribution is 5.82. The number of hydrogen-bond donors (Lipinski definition) is 1. The predicted octanol–water partition coefficient (Wildman–Crippen LogP) is 3.14. The first-order chi connectivity index (χ1) is 11.0. The molecule has 118 valence electrons. The van der Waals surface area contributed by atoms with Crippen molar-refractivity contribution in [1.29, 1.82) is 0 Å². The number of hydrogen-bond acceptors (Lipinski definition) is 3. The lowest BCUT2D eigenvalue weighted by Gasteiger charge is -2.25. The Morgan fingerprint density at radius 1 is 1.04 bits per heavy atom. The summed E-state index contributed by atoms with van der Waals surface area (Å²) < 4.78 is 1.76. The molecule has 1 N–H and O–H groups in total. The van der Waals surface area contributed by atoms with Crippen LogP contribution >= 0.6 is 0 Å². The van der Waals surface area contributed by atoms with Gasteiger partial charge >= 0.3 is 0 Å². The van der Waals surface area contributed by atoms with E-state index in [-0.39, 0.29) is 5.91 Å². The van der Waals surface area contributed by atoms with Crippen molar-refractivity contribution in [2.75, 3.05) is 0 Å². The van der Waals surface area contributed by atoms with E-state index in [9.17, 15) is 4.79 Å². The molecule has 0 saturated heterocycles. The van der Waals surface area contributed by atoms with Crippen LogP contribution in [0.2, 0.25) is 0 Å². The number of carbonyl (C=O) groups is 1. The monoisotopic (exact) mass is 308 g/mol. The second-order valence-corrected chi connectivity index (χ2v) is 6.56. The number of amides is 1. The minimum Gasteiger partial charge on any atom is -0.330 e. The highest BCUT2D eigenvalue weighted by atomic mass is 16.2. The van der Waals surface area contributed by atoms with Crippen LogP contribution in [0.4, 0.5) is 0 Å². The van der Waals surface area contributed by atoms with Crippen LogP contribution in [0.3, 0.4) is 0 Å². The summed E-state index contributed by atoms with van der Waals surface area (Å²) in [7, 11) is 0. The number of carbonyl (C=O) groups excluding carboxylic acids is 1. The van der Waals surface area contributed by atoms with Gasteiger partial charge in [0.05, 0.1) is 5.52 Å². The number of benzene rings is 2. The van der Waals surface area contributed by atoms with Crippen molar-refractivity contribution < 1.29 is 4.79 Å². The van der Waals surface area contributed by atoms with Crippen LogP contribution in [0.5, 0.6) is 0 Å². The molecule has 0 fully saturated rings. The molecule has 1 aromatic heterocycles. The summed E-state index contributed by atoms with van der Waals surface area (Å²) in [4.78, 5) is 12.5. The van der Waals surface area contributed by atoms with Crippen molar-refractivity contribution >= 4 is 16.9 Å². The van der Waals surface area contributed by atoms with Gasteiger partial charge in [-0.3, -0.25) is 4.79 Å². The van der Waals surface area contributed by atoms with E-state index in [4.69, 9.17) is 0 Å². The van der Waals surface area contributed by atoms with Gasteiger partial charge in [0.2, 0.25) is 5.91 Å². The normalized spacial score (nSPS) is 13.0. The van der Waals surface area contributed by atoms with Gasteiger partial charge in [0.15, 0.2) is 6.17 Å². The van der Waals surface area contributed by atoms with Crippen LogP contribution in [-0.2, 0) is 4.79 Å². The van der Waals surface area contributed by atoms with Gasteiger partial charge in [0, 0.05) is 5.41 Å². The van der Waals surface area contributed by atoms with Crippen LogP contribution < -0.4 is 5.32 Å². The molecule has 1 unspecified atom stereocenters. The van der Waals surface area contributed by atoms with Gasteiger partial charge in [0.1, 0.15) is 5.52 Å². The standard InChI is InChI=1S/C18H20N4O/c1-18(2,3)17(23)19-16(13-9-5-4-6-10-13)22-15-12-8-7-11-14(15)20-21-22/h4-12,16H,1-3H3,(H,19,23). The smallest absolute Gasteiger partial charge is 0.227 e. The quantitative estimate of drug-likeness (QED) is 0.808. The molecule has 1 amide bonds. The van der Waals surface area contributed by atoms with Crippen LogP contribution in [-0.4, -0.2) is 20.9 Å². The minimum atomic E-state index is -0.483. The zero-order chi connectivity index (χ0) is 16.4. The molecule has 23 heavy (non-hydrogen) atoms. The number of nitrogens with one attached hydrogen (secondary N) is 1. The van der Waals surface area contributed by atoms with Gasteiger partial charge in [0.25, 0.3) is 0 Å². The Morgan fingerprint density at radius 3 is 2.39 bits per heavy atom. The molecule has 0 bridgehead atoms. The molecule has 3 rings (SSSR count). The molecule has 0 spiro atoms. The highest BCUT2D eigenvalue weighted by Gasteiger charge is 2.26. The second-order valence-electron chi connectivity index (χ2n) is 6.56. The zero-order valence-corrected chi connectivity index (χ0v) is 13.5. The number of fused-ring (bicyclic) bond motifs is 1. The van der Waals surface area contributed by atoms with Crippen LogP contribution in [0.15, 0.2) is 54.6 Å². The third-order valence-corrected chi connectivity index (χ3v) is 3.69. The Balaban J connectivity index is 2.07. The molecule has 0 aliphatic carbocycles. The van der Waals surface area contributed by atoms with E-state index in [0.717, 1.165) is 16.6 Å². The first-order valence-corrected chi connectivity index (χ1v) is 7.62. The predicted molar refractivity (Wildman–Crippen MR) is 89.7 cm³/mol. The van der Waals surface area contributed by atoms with Gasteiger partial charge in [-0.05, 0) is 17.7 Å². The van der Waals surface area contributed by atoms with Crippen molar-refractivity contribution in [2.45, 2.75) is 26.9 Å². The molecule has 0 saturated carbocycles. The molecule has 0 radical (unpaired) electrons.